The third kappa shape index (κ3) is 3.76. The fourth-order valence-electron chi connectivity index (χ4n) is 2.90. The molecule has 2 amide bonds. The lowest BCUT2D eigenvalue weighted by Crippen LogP contribution is -2.38. The van der Waals surface area contributed by atoms with Gasteiger partial charge in [0.05, 0.1) is 0 Å². The minimum absolute atomic E-state index is 0.123. The summed E-state index contributed by atoms with van der Waals surface area (Å²) < 4.78 is 0.935. The Morgan fingerprint density at radius 2 is 1.76 bits per heavy atom. The van der Waals surface area contributed by atoms with Gasteiger partial charge in [-0.15, -0.1) is 0 Å². The van der Waals surface area contributed by atoms with Crippen LogP contribution in [0.1, 0.15) is 36.7 Å². The number of anilines is 2. The summed E-state index contributed by atoms with van der Waals surface area (Å²) in [6.45, 7) is 6.48. The molecule has 0 unspecified atom stereocenters. The van der Waals surface area contributed by atoms with Gasteiger partial charge in [-0.25, -0.2) is 0 Å². The minimum atomic E-state index is -0.407. The Bertz CT molecular complexity index is 823. The lowest BCUT2D eigenvalue weighted by Gasteiger charge is -2.26. The number of carbonyl (C=O) groups is 2. The molecule has 0 saturated carbocycles. The molecule has 0 saturated heterocycles. The average Bonchev–Trinajstić information content (AvgIpc) is 2.96. The second-order valence-corrected chi connectivity index (χ2v) is 8.18. The lowest BCUT2D eigenvalue weighted by molar-refractivity contribution is -0.125. The van der Waals surface area contributed by atoms with Crippen LogP contribution in [0.25, 0.3) is 0 Å². The average molecular weight is 401 g/mol. The van der Waals surface area contributed by atoms with Crippen molar-refractivity contribution in [1.29, 1.82) is 0 Å². The number of hydrogen-bond donors (Lipinski definition) is 1. The highest BCUT2D eigenvalue weighted by molar-refractivity contribution is 9.10. The van der Waals surface area contributed by atoms with Crippen molar-refractivity contribution in [1.82, 2.24) is 0 Å². The quantitative estimate of drug-likeness (QED) is 0.797. The van der Waals surface area contributed by atoms with Crippen LogP contribution in [0.5, 0.6) is 0 Å². The Morgan fingerprint density at radius 3 is 2.40 bits per heavy atom. The van der Waals surface area contributed by atoms with Crippen molar-refractivity contribution >= 4 is 39.1 Å². The molecule has 0 atom stereocenters. The molecule has 2 aromatic carbocycles. The molecule has 3 rings (SSSR count). The van der Waals surface area contributed by atoms with Gasteiger partial charge in [-0.3, -0.25) is 9.59 Å². The van der Waals surface area contributed by atoms with Gasteiger partial charge in [0.1, 0.15) is 0 Å². The second-order valence-electron chi connectivity index (χ2n) is 7.26. The Hall–Kier alpha value is -2.14. The molecular weight excluding hydrogens is 380 g/mol. The number of hydrogen-bond acceptors (Lipinski definition) is 2. The third-order valence-corrected chi connectivity index (χ3v) is 4.75. The van der Waals surface area contributed by atoms with E-state index in [-0.39, 0.29) is 11.8 Å². The number of rotatable bonds is 2. The summed E-state index contributed by atoms with van der Waals surface area (Å²) in [5.74, 6) is -0.0223. The molecule has 130 valence electrons. The Morgan fingerprint density at radius 1 is 1.08 bits per heavy atom. The summed E-state index contributed by atoms with van der Waals surface area (Å²) in [7, 11) is 0. The maximum atomic E-state index is 12.6. The van der Waals surface area contributed by atoms with E-state index < -0.39 is 5.41 Å². The fourth-order valence-corrected chi connectivity index (χ4v) is 3.16. The predicted molar refractivity (Wildman–Crippen MR) is 104 cm³/mol. The van der Waals surface area contributed by atoms with Crippen LogP contribution >= 0.6 is 15.9 Å². The first-order valence-corrected chi connectivity index (χ1v) is 9.07. The topological polar surface area (TPSA) is 49.4 Å². The van der Waals surface area contributed by atoms with Crippen molar-refractivity contribution in [3.8, 4) is 0 Å². The highest BCUT2D eigenvalue weighted by Gasteiger charge is 2.32. The first-order chi connectivity index (χ1) is 11.8. The zero-order valence-electron chi connectivity index (χ0n) is 14.6. The number of nitrogens with zero attached hydrogens (tertiary/aromatic N) is 1. The van der Waals surface area contributed by atoms with Gasteiger partial charge in [0, 0.05) is 33.4 Å². The van der Waals surface area contributed by atoms with E-state index >= 15 is 0 Å². The monoisotopic (exact) mass is 400 g/mol. The van der Waals surface area contributed by atoms with Crippen LogP contribution < -0.4 is 10.2 Å². The Labute approximate surface area is 156 Å². The summed E-state index contributed by atoms with van der Waals surface area (Å²) in [6.07, 6.45) is 0.805. The summed E-state index contributed by atoms with van der Waals surface area (Å²) in [4.78, 5) is 26.7. The van der Waals surface area contributed by atoms with E-state index in [1.54, 1.807) is 12.1 Å². The molecule has 0 spiro atoms. The number of benzene rings is 2. The van der Waals surface area contributed by atoms with Crippen molar-refractivity contribution in [3.63, 3.8) is 0 Å². The SMILES string of the molecule is CC(C)(C)C(=O)N1CCc2cc(NC(=O)c3ccc(Br)cc3)ccc21. The van der Waals surface area contributed by atoms with Gasteiger partial charge in [-0.2, -0.15) is 0 Å². The predicted octanol–water partition coefficient (Wildman–Crippen LogP) is 4.64. The maximum absolute atomic E-state index is 12.6. The summed E-state index contributed by atoms with van der Waals surface area (Å²) in [5.41, 5.74) is 2.98. The zero-order chi connectivity index (χ0) is 18.2. The van der Waals surface area contributed by atoms with Crippen LogP contribution in [-0.2, 0) is 11.2 Å². The number of carbonyl (C=O) groups excluding carboxylic acids is 2. The van der Waals surface area contributed by atoms with E-state index in [4.69, 9.17) is 0 Å². The molecule has 0 aliphatic carbocycles. The summed E-state index contributed by atoms with van der Waals surface area (Å²) in [6, 6.07) is 13.0. The van der Waals surface area contributed by atoms with Crippen molar-refractivity contribution < 1.29 is 9.59 Å². The molecule has 1 heterocycles. The van der Waals surface area contributed by atoms with Crippen LogP contribution in [-0.4, -0.2) is 18.4 Å². The Balaban J connectivity index is 1.77. The van der Waals surface area contributed by atoms with E-state index in [2.05, 4.69) is 21.2 Å². The second kappa shape index (κ2) is 6.64. The molecule has 1 N–H and O–H groups in total. The molecule has 1 aliphatic rings. The molecule has 25 heavy (non-hydrogen) atoms. The molecule has 4 nitrogen and oxygen atoms in total. The van der Waals surface area contributed by atoms with Crippen molar-refractivity contribution in [3.05, 3.63) is 58.1 Å². The van der Waals surface area contributed by atoms with Gasteiger partial charge in [0.2, 0.25) is 5.91 Å². The minimum Gasteiger partial charge on any atom is -0.322 e. The third-order valence-electron chi connectivity index (χ3n) is 4.23. The van der Waals surface area contributed by atoms with Gasteiger partial charge < -0.3 is 10.2 Å². The largest absolute Gasteiger partial charge is 0.322 e. The molecule has 0 fully saturated rings. The first-order valence-electron chi connectivity index (χ1n) is 8.27. The normalized spacial score (nSPS) is 13.5. The van der Waals surface area contributed by atoms with E-state index in [1.807, 2.05) is 56.0 Å². The molecule has 1 aliphatic heterocycles. The molecular formula is C20H21BrN2O2. The summed E-state index contributed by atoms with van der Waals surface area (Å²) >= 11 is 3.36. The molecule has 2 aromatic rings. The van der Waals surface area contributed by atoms with E-state index in [1.165, 1.54) is 0 Å². The van der Waals surface area contributed by atoms with Gasteiger partial charge in [0.15, 0.2) is 0 Å². The van der Waals surface area contributed by atoms with E-state index in [0.29, 0.717) is 12.1 Å². The van der Waals surface area contributed by atoms with E-state index in [9.17, 15) is 9.59 Å². The number of halogens is 1. The van der Waals surface area contributed by atoms with Crippen molar-refractivity contribution in [2.24, 2.45) is 5.41 Å². The smallest absolute Gasteiger partial charge is 0.255 e. The van der Waals surface area contributed by atoms with Crippen LogP contribution in [0, 0.1) is 5.41 Å². The number of amides is 2. The standard InChI is InChI=1S/C20H21BrN2O2/c1-20(2,3)19(25)23-11-10-14-12-16(8-9-17(14)23)22-18(24)13-4-6-15(21)7-5-13/h4-9,12H,10-11H2,1-3H3,(H,22,24). The van der Waals surface area contributed by atoms with Crippen LogP contribution in [0.4, 0.5) is 11.4 Å². The highest BCUT2D eigenvalue weighted by Crippen LogP contribution is 2.33. The molecule has 5 heteroatoms. The van der Waals surface area contributed by atoms with Gasteiger partial charge in [-0.05, 0) is 54.4 Å². The fraction of sp³-hybridized carbons (Fsp3) is 0.300. The zero-order valence-corrected chi connectivity index (χ0v) is 16.2. The lowest BCUT2D eigenvalue weighted by atomic mass is 9.94. The van der Waals surface area contributed by atoms with Crippen molar-refractivity contribution in [2.75, 3.05) is 16.8 Å². The van der Waals surface area contributed by atoms with Crippen LogP contribution in [0.15, 0.2) is 46.9 Å². The van der Waals surface area contributed by atoms with Gasteiger partial charge >= 0.3 is 0 Å². The highest BCUT2D eigenvalue weighted by atomic mass is 79.9. The van der Waals surface area contributed by atoms with Crippen LogP contribution in [0.2, 0.25) is 0 Å². The summed E-state index contributed by atoms with van der Waals surface area (Å²) in [5, 5.41) is 2.92. The Kier molecular flexibility index (Phi) is 4.69. The van der Waals surface area contributed by atoms with E-state index in [0.717, 1.165) is 27.8 Å². The van der Waals surface area contributed by atoms with Gasteiger partial charge in [-0.1, -0.05) is 36.7 Å². The molecule has 0 aromatic heterocycles. The first kappa shape index (κ1) is 17.7. The number of fused-ring (bicyclic) bond motifs is 1. The number of nitrogens with one attached hydrogen (secondary N) is 1. The molecule has 0 radical (unpaired) electrons. The maximum Gasteiger partial charge on any atom is 0.255 e. The van der Waals surface area contributed by atoms with Crippen LogP contribution in [0.3, 0.4) is 0 Å². The van der Waals surface area contributed by atoms with Gasteiger partial charge in [0.25, 0.3) is 5.91 Å². The molecule has 0 bridgehead atoms. The van der Waals surface area contributed by atoms with Crippen molar-refractivity contribution in [2.45, 2.75) is 27.2 Å².